The molecule has 0 bridgehead atoms. The molecule has 2 aromatic carbocycles. The maximum Gasteiger partial charge on any atom is 0.315 e. The Labute approximate surface area is 153 Å². The van der Waals surface area contributed by atoms with E-state index in [2.05, 4.69) is 10.6 Å². The Balaban J connectivity index is 1.56. The van der Waals surface area contributed by atoms with Gasteiger partial charge in [0.25, 0.3) is 0 Å². The standard InChI is InChI=1S/C20H24N2O4/c1-14(15-7-8-18-19(11-15)26-10-9-25-18)22-20(23)21-12-16-5-3-4-6-17(16)13-24-2/h3-8,11,14H,9-10,12-13H2,1-2H3,(H2,21,22,23). The van der Waals surface area contributed by atoms with Crippen molar-refractivity contribution in [1.29, 1.82) is 0 Å². The summed E-state index contributed by atoms with van der Waals surface area (Å²) in [6.07, 6.45) is 0. The SMILES string of the molecule is COCc1ccccc1CNC(=O)NC(C)c1ccc2c(c1)OCCO2. The van der Waals surface area contributed by atoms with Gasteiger partial charge in [-0.1, -0.05) is 30.3 Å². The molecule has 1 aliphatic heterocycles. The molecule has 26 heavy (non-hydrogen) atoms. The van der Waals surface area contributed by atoms with Gasteiger partial charge in [0.15, 0.2) is 11.5 Å². The van der Waals surface area contributed by atoms with E-state index in [0.717, 1.165) is 28.2 Å². The molecule has 2 N–H and O–H groups in total. The van der Waals surface area contributed by atoms with E-state index in [0.29, 0.717) is 26.4 Å². The Morgan fingerprint density at radius 2 is 1.85 bits per heavy atom. The maximum absolute atomic E-state index is 12.2. The third-order valence-corrected chi connectivity index (χ3v) is 4.27. The van der Waals surface area contributed by atoms with Crippen LogP contribution in [0.3, 0.4) is 0 Å². The zero-order chi connectivity index (χ0) is 18.4. The van der Waals surface area contributed by atoms with Crippen LogP contribution in [0.4, 0.5) is 4.79 Å². The Hall–Kier alpha value is -2.73. The number of hydrogen-bond acceptors (Lipinski definition) is 4. The van der Waals surface area contributed by atoms with E-state index in [-0.39, 0.29) is 12.1 Å². The van der Waals surface area contributed by atoms with Gasteiger partial charge in [0.05, 0.1) is 12.6 Å². The first-order valence-corrected chi connectivity index (χ1v) is 8.67. The van der Waals surface area contributed by atoms with E-state index >= 15 is 0 Å². The van der Waals surface area contributed by atoms with Crippen LogP contribution in [-0.2, 0) is 17.9 Å². The van der Waals surface area contributed by atoms with Crippen molar-refractivity contribution in [3.8, 4) is 11.5 Å². The molecular formula is C20H24N2O4. The lowest BCUT2D eigenvalue weighted by Crippen LogP contribution is -2.36. The van der Waals surface area contributed by atoms with Crippen molar-refractivity contribution in [3.63, 3.8) is 0 Å². The summed E-state index contributed by atoms with van der Waals surface area (Å²) < 4.78 is 16.3. The average Bonchev–Trinajstić information content (AvgIpc) is 2.67. The van der Waals surface area contributed by atoms with Gasteiger partial charge >= 0.3 is 6.03 Å². The Morgan fingerprint density at radius 1 is 1.12 bits per heavy atom. The van der Waals surface area contributed by atoms with E-state index < -0.39 is 0 Å². The summed E-state index contributed by atoms with van der Waals surface area (Å²) in [4.78, 5) is 12.2. The average molecular weight is 356 g/mol. The lowest BCUT2D eigenvalue weighted by molar-refractivity contribution is 0.171. The van der Waals surface area contributed by atoms with Crippen molar-refractivity contribution in [2.75, 3.05) is 20.3 Å². The van der Waals surface area contributed by atoms with Crippen LogP contribution in [0.5, 0.6) is 11.5 Å². The summed E-state index contributed by atoms with van der Waals surface area (Å²) in [5, 5.41) is 5.85. The summed E-state index contributed by atoms with van der Waals surface area (Å²) in [6, 6.07) is 13.2. The molecule has 2 amide bonds. The lowest BCUT2D eigenvalue weighted by Gasteiger charge is -2.21. The largest absolute Gasteiger partial charge is 0.486 e. The van der Waals surface area contributed by atoms with Gasteiger partial charge in [-0.05, 0) is 35.7 Å². The van der Waals surface area contributed by atoms with Crippen LogP contribution < -0.4 is 20.1 Å². The Bertz CT molecular complexity index is 763. The van der Waals surface area contributed by atoms with E-state index in [1.54, 1.807) is 7.11 Å². The number of carbonyl (C=O) groups excluding carboxylic acids is 1. The van der Waals surface area contributed by atoms with Crippen molar-refractivity contribution in [3.05, 3.63) is 59.2 Å². The summed E-state index contributed by atoms with van der Waals surface area (Å²) >= 11 is 0. The van der Waals surface area contributed by atoms with E-state index in [1.807, 2.05) is 49.4 Å². The minimum absolute atomic E-state index is 0.153. The van der Waals surface area contributed by atoms with Crippen molar-refractivity contribution in [2.45, 2.75) is 26.1 Å². The fourth-order valence-corrected chi connectivity index (χ4v) is 2.86. The summed E-state index contributed by atoms with van der Waals surface area (Å²) in [7, 11) is 1.66. The lowest BCUT2D eigenvalue weighted by atomic mass is 10.1. The second-order valence-electron chi connectivity index (χ2n) is 6.15. The highest BCUT2D eigenvalue weighted by Gasteiger charge is 2.15. The molecule has 0 saturated carbocycles. The first-order chi connectivity index (χ1) is 12.7. The van der Waals surface area contributed by atoms with Crippen molar-refractivity contribution < 1.29 is 19.0 Å². The highest BCUT2D eigenvalue weighted by atomic mass is 16.6. The molecule has 0 aromatic heterocycles. The van der Waals surface area contributed by atoms with Gasteiger partial charge in [0.1, 0.15) is 13.2 Å². The highest BCUT2D eigenvalue weighted by Crippen LogP contribution is 2.32. The predicted molar refractivity (Wildman–Crippen MR) is 98.4 cm³/mol. The monoisotopic (exact) mass is 356 g/mol. The van der Waals surface area contributed by atoms with Crippen LogP contribution >= 0.6 is 0 Å². The number of amides is 2. The summed E-state index contributed by atoms with van der Waals surface area (Å²) in [6.45, 7) is 4.00. The van der Waals surface area contributed by atoms with Crippen molar-refractivity contribution >= 4 is 6.03 Å². The van der Waals surface area contributed by atoms with Gasteiger partial charge in [-0.25, -0.2) is 4.79 Å². The summed E-state index contributed by atoms with van der Waals surface area (Å²) in [5.41, 5.74) is 3.07. The fraction of sp³-hybridized carbons (Fsp3) is 0.350. The van der Waals surface area contributed by atoms with Crippen LogP contribution in [0.2, 0.25) is 0 Å². The number of fused-ring (bicyclic) bond motifs is 1. The number of carbonyl (C=O) groups is 1. The number of ether oxygens (including phenoxy) is 3. The number of hydrogen-bond donors (Lipinski definition) is 2. The quantitative estimate of drug-likeness (QED) is 0.834. The molecule has 0 spiro atoms. The van der Waals surface area contributed by atoms with E-state index in [9.17, 15) is 4.79 Å². The Morgan fingerprint density at radius 3 is 2.62 bits per heavy atom. The van der Waals surface area contributed by atoms with Gasteiger partial charge in [0.2, 0.25) is 0 Å². The smallest absolute Gasteiger partial charge is 0.315 e. The zero-order valence-corrected chi connectivity index (χ0v) is 15.1. The maximum atomic E-state index is 12.2. The number of methoxy groups -OCH3 is 1. The van der Waals surface area contributed by atoms with Gasteiger partial charge in [0, 0.05) is 13.7 Å². The van der Waals surface area contributed by atoms with Crippen LogP contribution in [0.25, 0.3) is 0 Å². The van der Waals surface area contributed by atoms with Crippen molar-refractivity contribution in [2.24, 2.45) is 0 Å². The molecule has 2 aromatic rings. The summed E-state index contributed by atoms with van der Waals surface area (Å²) in [5.74, 6) is 1.46. The molecule has 0 radical (unpaired) electrons. The minimum atomic E-state index is -0.223. The molecule has 6 nitrogen and oxygen atoms in total. The van der Waals surface area contributed by atoms with Gasteiger partial charge < -0.3 is 24.8 Å². The first-order valence-electron chi connectivity index (χ1n) is 8.67. The molecule has 1 aliphatic rings. The number of benzene rings is 2. The van der Waals surface area contributed by atoms with Crippen LogP contribution in [0.1, 0.15) is 29.7 Å². The third-order valence-electron chi connectivity index (χ3n) is 4.27. The minimum Gasteiger partial charge on any atom is -0.486 e. The predicted octanol–water partition coefficient (Wildman–Crippen LogP) is 3.16. The van der Waals surface area contributed by atoms with E-state index in [1.165, 1.54) is 0 Å². The second kappa shape index (κ2) is 8.58. The zero-order valence-electron chi connectivity index (χ0n) is 15.1. The van der Waals surface area contributed by atoms with Crippen LogP contribution in [-0.4, -0.2) is 26.4 Å². The number of nitrogens with one attached hydrogen (secondary N) is 2. The number of rotatable bonds is 6. The molecule has 1 unspecified atom stereocenters. The Kier molecular flexibility index (Phi) is 5.96. The van der Waals surface area contributed by atoms with Gasteiger partial charge in [-0.2, -0.15) is 0 Å². The second-order valence-corrected chi connectivity index (χ2v) is 6.15. The topological polar surface area (TPSA) is 68.8 Å². The molecule has 138 valence electrons. The molecule has 0 saturated heterocycles. The van der Waals surface area contributed by atoms with Crippen LogP contribution in [0, 0.1) is 0 Å². The fourth-order valence-electron chi connectivity index (χ4n) is 2.86. The molecule has 1 atom stereocenters. The van der Waals surface area contributed by atoms with Crippen molar-refractivity contribution in [1.82, 2.24) is 10.6 Å². The van der Waals surface area contributed by atoms with Crippen LogP contribution in [0.15, 0.2) is 42.5 Å². The molecule has 0 fully saturated rings. The number of urea groups is 1. The van der Waals surface area contributed by atoms with Gasteiger partial charge in [-0.15, -0.1) is 0 Å². The molecular weight excluding hydrogens is 332 g/mol. The normalized spacial score (nSPS) is 13.8. The third kappa shape index (κ3) is 4.46. The molecule has 1 heterocycles. The van der Waals surface area contributed by atoms with E-state index in [4.69, 9.17) is 14.2 Å². The highest BCUT2D eigenvalue weighted by molar-refractivity contribution is 5.74. The molecule has 6 heteroatoms. The van der Waals surface area contributed by atoms with Gasteiger partial charge in [-0.3, -0.25) is 0 Å². The first kappa shape index (κ1) is 18.1. The molecule has 0 aliphatic carbocycles. The molecule has 3 rings (SSSR count).